The minimum atomic E-state index is -0.190. The molecular formula is C15H21NO2. The number of aryl methyl sites for hydroxylation is 3. The van der Waals surface area contributed by atoms with Crippen LogP contribution in [0.5, 0.6) is 0 Å². The van der Waals surface area contributed by atoms with Gasteiger partial charge in [-0.25, -0.2) is 0 Å². The second-order valence-electron chi connectivity index (χ2n) is 4.86. The summed E-state index contributed by atoms with van der Waals surface area (Å²) < 4.78 is 0. The van der Waals surface area contributed by atoms with Gasteiger partial charge in [0, 0.05) is 6.54 Å². The van der Waals surface area contributed by atoms with Gasteiger partial charge < -0.3 is 5.32 Å². The van der Waals surface area contributed by atoms with Crippen molar-refractivity contribution in [2.45, 2.75) is 40.5 Å². The van der Waals surface area contributed by atoms with E-state index in [1.54, 1.807) is 0 Å². The minimum Gasteiger partial charge on any atom is -0.355 e. The van der Waals surface area contributed by atoms with Gasteiger partial charge in [0.1, 0.15) is 5.78 Å². The Morgan fingerprint density at radius 2 is 1.67 bits per heavy atom. The van der Waals surface area contributed by atoms with E-state index in [0.29, 0.717) is 6.54 Å². The van der Waals surface area contributed by atoms with Gasteiger partial charge in [0.05, 0.1) is 6.42 Å². The van der Waals surface area contributed by atoms with E-state index >= 15 is 0 Å². The van der Waals surface area contributed by atoms with Gasteiger partial charge in [-0.15, -0.1) is 0 Å². The molecule has 0 atom stereocenters. The number of hydrogen-bond donors (Lipinski definition) is 1. The molecule has 98 valence electrons. The molecule has 18 heavy (non-hydrogen) atoms. The fourth-order valence-electron chi connectivity index (χ4n) is 2.22. The molecule has 3 heteroatoms. The molecule has 0 spiro atoms. The van der Waals surface area contributed by atoms with Crippen molar-refractivity contribution in [2.24, 2.45) is 0 Å². The Morgan fingerprint density at radius 3 is 2.17 bits per heavy atom. The van der Waals surface area contributed by atoms with Crippen molar-refractivity contribution in [1.29, 1.82) is 0 Å². The maximum Gasteiger partial charge on any atom is 0.227 e. The lowest BCUT2D eigenvalue weighted by molar-refractivity contribution is -0.127. The Bertz CT molecular complexity index is 441. The number of benzene rings is 1. The molecule has 0 aromatic heterocycles. The molecule has 1 aromatic rings. The fourth-order valence-corrected chi connectivity index (χ4v) is 2.22. The highest BCUT2D eigenvalue weighted by atomic mass is 16.2. The van der Waals surface area contributed by atoms with Crippen molar-refractivity contribution in [3.8, 4) is 0 Å². The summed E-state index contributed by atoms with van der Waals surface area (Å²) in [5.74, 6) is -0.292. The summed E-state index contributed by atoms with van der Waals surface area (Å²) >= 11 is 0. The van der Waals surface area contributed by atoms with Gasteiger partial charge >= 0.3 is 0 Å². The van der Waals surface area contributed by atoms with Crippen LogP contribution in [-0.2, 0) is 16.0 Å². The van der Waals surface area contributed by atoms with Crippen molar-refractivity contribution in [2.75, 3.05) is 6.54 Å². The van der Waals surface area contributed by atoms with Gasteiger partial charge in [-0.2, -0.15) is 0 Å². The number of rotatable bonds is 5. The summed E-state index contributed by atoms with van der Waals surface area (Å²) in [7, 11) is 0. The summed E-state index contributed by atoms with van der Waals surface area (Å²) in [6.45, 7) is 8.27. The average Bonchev–Trinajstić information content (AvgIpc) is 2.20. The van der Waals surface area contributed by atoms with E-state index in [-0.39, 0.29) is 18.1 Å². The Hall–Kier alpha value is -1.64. The third-order valence-corrected chi connectivity index (χ3v) is 2.95. The molecule has 0 aliphatic carbocycles. The number of hydrogen-bond acceptors (Lipinski definition) is 2. The molecule has 0 aliphatic heterocycles. The van der Waals surface area contributed by atoms with Gasteiger partial charge in [0.2, 0.25) is 5.91 Å². The average molecular weight is 247 g/mol. The van der Waals surface area contributed by atoms with E-state index in [1.807, 2.05) is 0 Å². The third kappa shape index (κ3) is 4.32. The van der Waals surface area contributed by atoms with E-state index in [0.717, 1.165) is 6.42 Å². The van der Waals surface area contributed by atoms with Crippen molar-refractivity contribution >= 4 is 11.7 Å². The largest absolute Gasteiger partial charge is 0.355 e. The van der Waals surface area contributed by atoms with Crippen LogP contribution in [0.2, 0.25) is 0 Å². The molecule has 1 rings (SSSR count). The SMILES string of the molecule is CC(=O)CC(=O)NCCc1c(C)cc(C)cc1C. The zero-order valence-corrected chi connectivity index (χ0v) is 11.6. The van der Waals surface area contributed by atoms with Gasteiger partial charge in [-0.05, 0) is 50.8 Å². The van der Waals surface area contributed by atoms with E-state index in [4.69, 9.17) is 0 Å². The quantitative estimate of drug-likeness (QED) is 0.811. The molecule has 0 saturated carbocycles. The van der Waals surface area contributed by atoms with Crippen LogP contribution >= 0.6 is 0 Å². The Kier molecular flexibility index (Phi) is 5.08. The normalized spacial score (nSPS) is 10.2. The third-order valence-electron chi connectivity index (χ3n) is 2.95. The number of amides is 1. The Labute approximate surface area is 109 Å². The van der Waals surface area contributed by atoms with Gasteiger partial charge in [0.15, 0.2) is 0 Å². The van der Waals surface area contributed by atoms with Crippen LogP contribution < -0.4 is 5.32 Å². The maximum absolute atomic E-state index is 11.3. The van der Waals surface area contributed by atoms with Gasteiger partial charge in [-0.3, -0.25) is 9.59 Å². The first kappa shape index (κ1) is 14.4. The standard InChI is InChI=1S/C15H21NO2/c1-10-7-11(2)14(12(3)8-10)5-6-16-15(18)9-13(4)17/h7-8H,5-6,9H2,1-4H3,(H,16,18). The molecule has 3 nitrogen and oxygen atoms in total. The van der Waals surface area contributed by atoms with Crippen LogP contribution in [0.25, 0.3) is 0 Å². The zero-order valence-electron chi connectivity index (χ0n) is 11.6. The summed E-state index contributed by atoms with van der Waals surface area (Å²) in [5.41, 5.74) is 5.06. The molecule has 1 aromatic carbocycles. The predicted octanol–water partition coefficient (Wildman–Crippen LogP) is 2.25. The first-order chi connectivity index (χ1) is 8.40. The van der Waals surface area contributed by atoms with Crippen LogP contribution in [-0.4, -0.2) is 18.2 Å². The highest BCUT2D eigenvalue weighted by Gasteiger charge is 2.06. The molecule has 0 heterocycles. The van der Waals surface area contributed by atoms with E-state index in [1.165, 1.54) is 29.2 Å². The first-order valence-electron chi connectivity index (χ1n) is 6.23. The maximum atomic E-state index is 11.3. The molecule has 0 fully saturated rings. The molecule has 0 unspecified atom stereocenters. The number of nitrogens with one attached hydrogen (secondary N) is 1. The fraction of sp³-hybridized carbons (Fsp3) is 0.467. The molecule has 1 N–H and O–H groups in total. The topological polar surface area (TPSA) is 46.2 Å². The van der Waals surface area contributed by atoms with E-state index in [2.05, 4.69) is 38.2 Å². The molecular weight excluding hydrogens is 226 g/mol. The molecule has 0 aliphatic rings. The predicted molar refractivity (Wildman–Crippen MR) is 72.7 cm³/mol. The lowest BCUT2D eigenvalue weighted by atomic mass is 9.97. The number of Topliss-reactive ketones (excluding diaryl/α,β-unsaturated/α-hetero) is 1. The Balaban J connectivity index is 2.54. The second-order valence-corrected chi connectivity index (χ2v) is 4.86. The minimum absolute atomic E-state index is 0.0220. The molecule has 0 bridgehead atoms. The first-order valence-corrected chi connectivity index (χ1v) is 6.23. The van der Waals surface area contributed by atoms with Crippen LogP contribution in [0.1, 0.15) is 35.6 Å². The van der Waals surface area contributed by atoms with Crippen LogP contribution in [0, 0.1) is 20.8 Å². The number of ketones is 1. The van der Waals surface area contributed by atoms with Crippen molar-refractivity contribution in [3.63, 3.8) is 0 Å². The summed E-state index contributed by atoms with van der Waals surface area (Å²) in [4.78, 5) is 22.1. The van der Waals surface area contributed by atoms with E-state index in [9.17, 15) is 9.59 Å². The van der Waals surface area contributed by atoms with E-state index < -0.39 is 0 Å². The smallest absolute Gasteiger partial charge is 0.227 e. The van der Waals surface area contributed by atoms with Crippen LogP contribution in [0.4, 0.5) is 0 Å². The van der Waals surface area contributed by atoms with Gasteiger partial charge in [-0.1, -0.05) is 17.7 Å². The highest BCUT2D eigenvalue weighted by molar-refractivity contribution is 5.96. The monoisotopic (exact) mass is 247 g/mol. The highest BCUT2D eigenvalue weighted by Crippen LogP contribution is 2.16. The lowest BCUT2D eigenvalue weighted by Gasteiger charge is -2.11. The molecule has 0 saturated heterocycles. The molecule has 1 amide bonds. The van der Waals surface area contributed by atoms with Crippen LogP contribution in [0.15, 0.2) is 12.1 Å². The summed E-state index contributed by atoms with van der Waals surface area (Å²) in [6.07, 6.45) is 0.785. The number of carbonyl (C=O) groups excluding carboxylic acids is 2. The zero-order chi connectivity index (χ0) is 13.7. The Morgan fingerprint density at radius 1 is 1.11 bits per heavy atom. The number of carbonyl (C=O) groups is 2. The van der Waals surface area contributed by atoms with Crippen LogP contribution in [0.3, 0.4) is 0 Å². The summed E-state index contributed by atoms with van der Waals surface area (Å²) in [5, 5.41) is 2.77. The molecule has 0 radical (unpaired) electrons. The second kappa shape index (κ2) is 6.34. The van der Waals surface area contributed by atoms with Crippen molar-refractivity contribution < 1.29 is 9.59 Å². The van der Waals surface area contributed by atoms with Crippen molar-refractivity contribution in [3.05, 3.63) is 34.4 Å². The summed E-state index contributed by atoms with van der Waals surface area (Å²) in [6, 6.07) is 4.31. The van der Waals surface area contributed by atoms with Crippen molar-refractivity contribution in [1.82, 2.24) is 5.32 Å². The van der Waals surface area contributed by atoms with Gasteiger partial charge in [0.25, 0.3) is 0 Å². The lowest BCUT2D eigenvalue weighted by Crippen LogP contribution is -2.27.